The molecule has 1 aromatic heterocycles. The summed E-state index contributed by atoms with van der Waals surface area (Å²) in [5, 5.41) is 9.51. The van der Waals surface area contributed by atoms with E-state index in [1.165, 1.54) is 17.2 Å². The molecule has 2 aliphatic rings. The molecule has 0 radical (unpaired) electrons. The van der Waals surface area contributed by atoms with E-state index >= 15 is 0 Å². The van der Waals surface area contributed by atoms with Crippen LogP contribution < -0.4 is 14.4 Å². The maximum Gasteiger partial charge on any atom is 0.228 e. The standard InChI is InChI=1S/C19H24N4O3/c1-13-9-16-17(10-14(13)2)26-15(12-25-16)11-22-5-7-23(8-6-22)19-20-4-3-18(24)21-19/h3-4,9-10,15H,5-8,11-12H2,1-2H3,(H,20,21,24). The van der Waals surface area contributed by atoms with Crippen molar-refractivity contribution in [3.63, 3.8) is 0 Å². The Bertz CT molecular complexity index is 790. The normalized spacial score (nSPS) is 20.2. The second-order valence-corrected chi connectivity index (χ2v) is 6.94. The lowest BCUT2D eigenvalue weighted by atomic mass is 10.1. The van der Waals surface area contributed by atoms with Crippen LogP contribution in [-0.4, -0.2) is 65.4 Å². The number of hydrogen-bond acceptors (Lipinski definition) is 7. The van der Waals surface area contributed by atoms with Gasteiger partial charge in [-0.25, -0.2) is 4.98 Å². The SMILES string of the molecule is Cc1cc2c(cc1C)OC(CN1CCN(c3nccc(O)n3)CC1)CO2. The third-order valence-corrected chi connectivity index (χ3v) is 5.02. The Hall–Kier alpha value is -2.54. The molecule has 26 heavy (non-hydrogen) atoms. The first-order valence-electron chi connectivity index (χ1n) is 8.98. The van der Waals surface area contributed by atoms with E-state index in [2.05, 4.69) is 45.7 Å². The lowest BCUT2D eigenvalue weighted by Crippen LogP contribution is -2.51. The molecular formula is C19H24N4O3. The first kappa shape index (κ1) is 16.9. The fourth-order valence-electron chi connectivity index (χ4n) is 3.36. The van der Waals surface area contributed by atoms with Gasteiger partial charge in [0.05, 0.1) is 0 Å². The number of aromatic hydroxyl groups is 1. The van der Waals surface area contributed by atoms with Crippen LogP contribution in [0.25, 0.3) is 0 Å². The molecule has 138 valence electrons. The van der Waals surface area contributed by atoms with E-state index in [-0.39, 0.29) is 12.0 Å². The fourth-order valence-corrected chi connectivity index (χ4v) is 3.36. The molecule has 0 aliphatic carbocycles. The Labute approximate surface area is 153 Å². The monoisotopic (exact) mass is 356 g/mol. The highest BCUT2D eigenvalue weighted by Gasteiger charge is 2.26. The minimum absolute atomic E-state index is 0.00868. The van der Waals surface area contributed by atoms with Gasteiger partial charge in [0.15, 0.2) is 11.5 Å². The summed E-state index contributed by atoms with van der Waals surface area (Å²) in [5.41, 5.74) is 2.43. The predicted molar refractivity (Wildman–Crippen MR) is 98.2 cm³/mol. The smallest absolute Gasteiger partial charge is 0.228 e. The minimum atomic E-state index is 0.00868. The third kappa shape index (κ3) is 3.53. The summed E-state index contributed by atoms with van der Waals surface area (Å²) < 4.78 is 12.1. The Morgan fingerprint density at radius 2 is 1.85 bits per heavy atom. The zero-order valence-corrected chi connectivity index (χ0v) is 15.2. The van der Waals surface area contributed by atoms with Crippen LogP contribution in [0.3, 0.4) is 0 Å². The molecule has 7 nitrogen and oxygen atoms in total. The molecular weight excluding hydrogens is 332 g/mol. The van der Waals surface area contributed by atoms with Crippen molar-refractivity contribution in [2.75, 3.05) is 44.2 Å². The van der Waals surface area contributed by atoms with Gasteiger partial charge < -0.3 is 19.5 Å². The highest BCUT2D eigenvalue weighted by atomic mass is 16.6. The predicted octanol–water partition coefficient (Wildman–Crippen LogP) is 1.76. The Morgan fingerprint density at radius 1 is 1.12 bits per heavy atom. The van der Waals surface area contributed by atoms with Gasteiger partial charge in [-0.05, 0) is 37.1 Å². The number of fused-ring (bicyclic) bond motifs is 1. The number of aryl methyl sites for hydroxylation is 2. The van der Waals surface area contributed by atoms with Crippen LogP contribution in [0.4, 0.5) is 5.95 Å². The Kier molecular flexibility index (Phi) is 4.55. The molecule has 1 saturated heterocycles. The van der Waals surface area contributed by atoms with Gasteiger partial charge >= 0.3 is 0 Å². The van der Waals surface area contributed by atoms with Crippen LogP contribution >= 0.6 is 0 Å². The second kappa shape index (κ2) is 6.99. The summed E-state index contributed by atoms with van der Waals surface area (Å²) in [6.45, 7) is 9.04. The van der Waals surface area contributed by atoms with Crippen molar-refractivity contribution < 1.29 is 14.6 Å². The van der Waals surface area contributed by atoms with E-state index < -0.39 is 0 Å². The van der Waals surface area contributed by atoms with E-state index in [9.17, 15) is 5.11 Å². The summed E-state index contributed by atoms with van der Waals surface area (Å²) in [6, 6.07) is 5.60. The number of rotatable bonds is 3. The Morgan fingerprint density at radius 3 is 2.58 bits per heavy atom. The lowest BCUT2D eigenvalue weighted by molar-refractivity contribution is 0.0569. The van der Waals surface area contributed by atoms with E-state index in [1.54, 1.807) is 6.20 Å². The summed E-state index contributed by atoms with van der Waals surface area (Å²) in [5.74, 6) is 2.28. The van der Waals surface area contributed by atoms with Gasteiger partial charge in [-0.3, -0.25) is 4.90 Å². The van der Waals surface area contributed by atoms with Crippen LogP contribution in [0.2, 0.25) is 0 Å². The number of hydrogen-bond donors (Lipinski definition) is 1. The minimum Gasteiger partial charge on any atom is -0.493 e. The topological polar surface area (TPSA) is 71.0 Å². The third-order valence-electron chi connectivity index (χ3n) is 5.02. The molecule has 1 fully saturated rings. The summed E-state index contributed by atoms with van der Waals surface area (Å²) in [4.78, 5) is 12.8. The molecule has 7 heteroatoms. The number of piperazine rings is 1. The Balaban J connectivity index is 1.33. The molecule has 1 unspecified atom stereocenters. The van der Waals surface area contributed by atoms with Gasteiger partial charge in [0.1, 0.15) is 12.7 Å². The number of ether oxygens (including phenoxy) is 2. The van der Waals surface area contributed by atoms with Gasteiger partial charge in [-0.2, -0.15) is 4.98 Å². The molecule has 1 N–H and O–H groups in total. The van der Waals surface area contributed by atoms with Crippen molar-refractivity contribution in [2.24, 2.45) is 0 Å². The molecule has 4 rings (SSSR count). The maximum atomic E-state index is 9.51. The van der Waals surface area contributed by atoms with E-state index in [1.807, 2.05) is 0 Å². The van der Waals surface area contributed by atoms with Gasteiger partial charge in [-0.1, -0.05) is 0 Å². The number of benzene rings is 1. The zero-order valence-electron chi connectivity index (χ0n) is 15.2. The summed E-state index contributed by atoms with van der Waals surface area (Å²) in [7, 11) is 0. The number of nitrogens with zero attached hydrogens (tertiary/aromatic N) is 4. The molecule has 0 saturated carbocycles. The quantitative estimate of drug-likeness (QED) is 0.898. The molecule has 1 atom stereocenters. The second-order valence-electron chi connectivity index (χ2n) is 6.94. The maximum absolute atomic E-state index is 9.51. The van der Waals surface area contributed by atoms with Crippen LogP contribution in [0.5, 0.6) is 17.4 Å². The van der Waals surface area contributed by atoms with Crippen molar-refractivity contribution in [1.29, 1.82) is 0 Å². The van der Waals surface area contributed by atoms with Gasteiger partial charge in [0.25, 0.3) is 0 Å². The first-order chi connectivity index (χ1) is 12.6. The first-order valence-corrected chi connectivity index (χ1v) is 8.98. The van der Waals surface area contributed by atoms with Gasteiger partial charge in [0.2, 0.25) is 11.8 Å². The lowest BCUT2D eigenvalue weighted by Gasteiger charge is -2.37. The van der Waals surface area contributed by atoms with Crippen molar-refractivity contribution in [1.82, 2.24) is 14.9 Å². The van der Waals surface area contributed by atoms with Crippen LogP contribution in [0.1, 0.15) is 11.1 Å². The van der Waals surface area contributed by atoms with Crippen LogP contribution in [0.15, 0.2) is 24.4 Å². The van der Waals surface area contributed by atoms with Crippen molar-refractivity contribution in [3.8, 4) is 17.4 Å². The van der Waals surface area contributed by atoms with Crippen LogP contribution in [0, 0.1) is 13.8 Å². The highest BCUT2D eigenvalue weighted by molar-refractivity contribution is 5.47. The fraction of sp³-hybridized carbons (Fsp3) is 0.474. The molecule has 3 heterocycles. The van der Waals surface area contributed by atoms with Gasteiger partial charge in [-0.15, -0.1) is 0 Å². The number of anilines is 1. The van der Waals surface area contributed by atoms with Gasteiger partial charge in [0, 0.05) is 45.0 Å². The number of aromatic nitrogens is 2. The van der Waals surface area contributed by atoms with E-state index in [4.69, 9.17) is 9.47 Å². The molecule has 0 spiro atoms. The van der Waals surface area contributed by atoms with Crippen molar-refractivity contribution in [3.05, 3.63) is 35.5 Å². The largest absolute Gasteiger partial charge is 0.493 e. The highest BCUT2D eigenvalue weighted by Crippen LogP contribution is 2.34. The average Bonchev–Trinajstić information content (AvgIpc) is 2.64. The summed E-state index contributed by atoms with van der Waals surface area (Å²) in [6.07, 6.45) is 1.62. The van der Waals surface area contributed by atoms with Crippen molar-refractivity contribution >= 4 is 5.95 Å². The molecule has 0 amide bonds. The average molecular weight is 356 g/mol. The summed E-state index contributed by atoms with van der Waals surface area (Å²) >= 11 is 0. The van der Waals surface area contributed by atoms with Crippen LogP contribution in [-0.2, 0) is 0 Å². The molecule has 2 aliphatic heterocycles. The molecule has 2 aromatic rings. The van der Waals surface area contributed by atoms with Crippen molar-refractivity contribution in [2.45, 2.75) is 20.0 Å². The molecule has 0 bridgehead atoms. The van der Waals surface area contributed by atoms with E-state index in [0.29, 0.717) is 12.6 Å². The van der Waals surface area contributed by atoms with E-state index in [0.717, 1.165) is 44.2 Å². The molecule has 1 aromatic carbocycles. The zero-order chi connectivity index (χ0) is 18.1.